The highest BCUT2D eigenvalue weighted by atomic mass is 16.5. The zero-order valence-electron chi connectivity index (χ0n) is 26.6. The van der Waals surface area contributed by atoms with Crippen molar-refractivity contribution in [2.45, 2.75) is 85.4 Å². The van der Waals surface area contributed by atoms with E-state index in [-0.39, 0.29) is 24.0 Å². The quantitative estimate of drug-likeness (QED) is 0.307. The van der Waals surface area contributed by atoms with Crippen LogP contribution in [0.25, 0.3) is 0 Å². The molecular weight excluding hydrogens is 514 g/mol. The van der Waals surface area contributed by atoms with Gasteiger partial charge in [0, 0.05) is 44.7 Å². The van der Waals surface area contributed by atoms with Gasteiger partial charge in [0.2, 0.25) is 5.91 Å². The fraction of sp³-hybridized carbons (Fsp3) is 0.529. The summed E-state index contributed by atoms with van der Waals surface area (Å²) in [4.78, 5) is 22.0. The van der Waals surface area contributed by atoms with Gasteiger partial charge in [-0.15, -0.1) is 6.58 Å². The molecule has 0 bridgehead atoms. The van der Waals surface area contributed by atoms with E-state index in [9.17, 15) is 9.59 Å². The average Bonchev–Trinajstić information content (AvgIpc) is 2.91. The van der Waals surface area contributed by atoms with Gasteiger partial charge < -0.3 is 25.8 Å². The first-order valence-corrected chi connectivity index (χ1v) is 14.5. The minimum Gasteiger partial charge on any atom is -0.381 e. The number of allylic oxidation sites excluding steroid dienone is 6. The maximum absolute atomic E-state index is 12.7. The highest BCUT2D eigenvalue weighted by Gasteiger charge is 2.19. The van der Waals surface area contributed by atoms with Crippen LogP contribution in [0.4, 0.5) is 0 Å². The van der Waals surface area contributed by atoms with Crippen LogP contribution in [-0.4, -0.2) is 44.8 Å². The van der Waals surface area contributed by atoms with Crippen LogP contribution < -0.4 is 16.4 Å². The smallest absolute Gasteiger partial charge is 0.251 e. The molecule has 230 valence electrons. The maximum Gasteiger partial charge on any atom is 0.251 e. The van der Waals surface area contributed by atoms with Crippen molar-refractivity contribution >= 4 is 11.8 Å². The number of carbonyl (C=O) groups excluding carboxylic acids is 2. The van der Waals surface area contributed by atoms with E-state index in [0.717, 1.165) is 61.1 Å². The lowest BCUT2D eigenvalue weighted by Gasteiger charge is -2.25. The molecule has 4 atom stereocenters. The number of rotatable bonds is 7. The van der Waals surface area contributed by atoms with Gasteiger partial charge in [0.25, 0.3) is 5.91 Å². The number of ether oxygens (including phenoxy) is 2. The largest absolute Gasteiger partial charge is 0.381 e. The molecule has 1 heterocycles. The molecule has 1 aliphatic rings. The predicted molar refractivity (Wildman–Crippen MR) is 172 cm³/mol. The number of nitrogens with two attached hydrogens (primary N) is 1. The van der Waals surface area contributed by atoms with E-state index in [0.29, 0.717) is 24.0 Å². The number of nitrogens with one attached hydrogen (secondary N) is 2. The molecule has 0 aromatic rings. The monoisotopic (exact) mass is 569 g/mol. The molecule has 2 amide bonds. The summed E-state index contributed by atoms with van der Waals surface area (Å²) in [6.07, 6.45) is 17.6. The van der Waals surface area contributed by atoms with Crippen molar-refractivity contribution in [3.63, 3.8) is 0 Å². The lowest BCUT2D eigenvalue weighted by atomic mass is 9.88. The van der Waals surface area contributed by atoms with E-state index in [1.54, 1.807) is 7.11 Å². The van der Waals surface area contributed by atoms with E-state index in [1.807, 2.05) is 57.4 Å². The number of hydrogen-bond donors (Lipinski definition) is 3. The van der Waals surface area contributed by atoms with Crippen LogP contribution in [0.15, 0.2) is 84.3 Å². The first-order valence-electron chi connectivity index (χ1n) is 14.5. The number of primary amides is 1. The Kier molecular flexibility index (Phi) is 19.9. The van der Waals surface area contributed by atoms with Crippen molar-refractivity contribution < 1.29 is 19.1 Å². The summed E-state index contributed by atoms with van der Waals surface area (Å²) in [5.41, 5.74) is 8.61. The Balaban J connectivity index is 0.00000373. The van der Waals surface area contributed by atoms with Gasteiger partial charge in [0.15, 0.2) is 0 Å². The lowest BCUT2D eigenvalue weighted by molar-refractivity contribution is -0.117. The van der Waals surface area contributed by atoms with Crippen LogP contribution in [0.1, 0.15) is 73.1 Å². The summed E-state index contributed by atoms with van der Waals surface area (Å²) < 4.78 is 11.6. The summed E-state index contributed by atoms with van der Waals surface area (Å²) in [6, 6.07) is 0. The highest BCUT2D eigenvalue weighted by Crippen LogP contribution is 2.27. The Morgan fingerprint density at radius 3 is 2.39 bits per heavy atom. The van der Waals surface area contributed by atoms with E-state index < -0.39 is 0 Å². The van der Waals surface area contributed by atoms with E-state index in [2.05, 4.69) is 50.0 Å². The first kappa shape index (κ1) is 37.8. The van der Waals surface area contributed by atoms with Crippen molar-refractivity contribution in [1.82, 2.24) is 10.6 Å². The molecule has 0 aromatic heterocycles. The van der Waals surface area contributed by atoms with Crippen LogP contribution >= 0.6 is 0 Å². The molecule has 0 aliphatic carbocycles. The minimum absolute atomic E-state index is 0.00862. The van der Waals surface area contributed by atoms with Crippen LogP contribution in [0.5, 0.6) is 0 Å². The summed E-state index contributed by atoms with van der Waals surface area (Å²) in [5, 5.41) is 6.41. The van der Waals surface area contributed by atoms with Gasteiger partial charge in [-0.1, -0.05) is 63.8 Å². The second-order valence-corrected chi connectivity index (χ2v) is 10.7. The van der Waals surface area contributed by atoms with E-state index in [4.69, 9.17) is 9.47 Å². The Morgan fingerprint density at radius 2 is 1.85 bits per heavy atom. The van der Waals surface area contributed by atoms with Crippen molar-refractivity contribution in [1.29, 1.82) is 0 Å². The topological polar surface area (TPSA) is 103 Å². The van der Waals surface area contributed by atoms with E-state index >= 15 is 0 Å². The third kappa shape index (κ3) is 16.6. The SMILES string of the molecule is C=CCN/C1=C(/C=C)CC(C)CC(OC)CCC(CC)CC(OC)/C=C\C=C(/C)C(=O)N/C(C)=C/C1=C.CC(N)=O. The van der Waals surface area contributed by atoms with Gasteiger partial charge in [-0.25, -0.2) is 0 Å². The molecule has 4 unspecified atom stereocenters. The highest BCUT2D eigenvalue weighted by molar-refractivity contribution is 5.94. The summed E-state index contributed by atoms with van der Waals surface area (Å²) >= 11 is 0. The molecule has 41 heavy (non-hydrogen) atoms. The third-order valence-corrected chi connectivity index (χ3v) is 6.95. The van der Waals surface area contributed by atoms with Crippen LogP contribution in [0, 0.1) is 11.8 Å². The molecule has 0 aromatic carbocycles. The predicted octanol–water partition coefficient (Wildman–Crippen LogP) is 6.43. The molecule has 1 rings (SSSR count). The van der Waals surface area contributed by atoms with Crippen LogP contribution in [0.3, 0.4) is 0 Å². The molecular formula is C34H55N3O4. The Labute approximate surface area is 249 Å². The van der Waals surface area contributed by atoms with Gasteiger partial charge in [-0.3, -0.25) is 9.59 Å². The zero-order chi connectivity index (χ0) is 31.4. The van der Waals surface area contributed by atoms with Crippen molar-refractivity contribution in [2.75, 3.05) is 20.8 Å². The molecule has 7 nitrogen and oxygen atoms in total. The summed E-state index contributed by atoms with van der Waals surface area (Å²) in [6.45, 7) is 22.3. The molecule has 4 N–H and O–H groups in total. The molecule has 7 heteroatoms. The van der Waals surface area contributed by atoms with E-state index in [1.165, 1.54) is 6.92 Å². The van der Waals surface area contributed by atoms with Gasteiger partial charge in [0.05, 0.1) is 12.2 Å². The average molecular weight is 570 g/mol. The summed E-state index contributed by atoms with van der Waals surface area (Å²) in [5.74, 6) is 0.453. The molecule has 0 spiro atoms. The number of carbonyl (C=O) groups is 2. The summed E-state index contributed by atoms with van der Waals surface area (Å²) in [7, 11) is 3.56. The lowest BCUT2D eigenvalue weighted by Crippen LogP contribution is -2.23. The van der Waals surface area contributed by atoms with Gasteiger partial charge in [0.1, 0.15) is 0 Å². The maximum atomic E-state index is 12.7. The molecule has 0 saturated heterocycles. The first-order chi connectivity index (χ1) is 19.4. The van der Waals surface area contributed by atoms with Crippen LogP contribution in [-0.2, 0) is 19.1 Å². The fourth-order valence-electron chi connectivity index (χ4n) is 4.67. The van der Waals surface area contributed by atoms with Gasteiger partial charge >= 0.3 is 0 Å². The molecule has 0 radical (unpaired) electrons. The minimum atomic E-state index is -0.333. The van der Waals surface area contributed by atoms with Crippen molar-refractivity contribution in [3.05, 3.63) is 84.3 Å². The second-order valence-electron chi connectivity index (χ2n) is 10.7. The van der Waals surface area contributed by atoms with Crippen molar-refractivity contribution in [2.24, 2.45) is 17.6 Å². The Hall–Kier alpha value is -3.16. The molecule has 0 fully saturated rings. The molecule has 1 aliphatic heterocycles. The fourth-order valence-corrected chi connectivity index (χ4v) is 4.67. The van der Waals surface area contributed by atoms with Crippen molar-refractivity contribution in [3.8, 4) is 0 Å². The standard InChI is InChI=1S/C32H50N2O3.C2H5NO/c1-10-18-33-31-25(6)21-26(7)34-32(35)24(5)14-13-15-29(36-8)22-27(11-2)16-17-30(37-9)20-23(4)19-28(31)12-3;1-2(3)4/h10,12-15,21,23,27,29-30,33H,1,3,6,11,16-20,22H2,2,4-5,7-9H3,(H,34,35);1H3,(H2,3,4)/b15-13-,24-14+,26-21+,31-28-;. The van der Waals surface area contributed by atoms with Crippen LogP contribution in [0.2, 0.25) is 0 Å². The Bertz CT molecular complexity index is 986. The normalized spacial score (nSPS) is 28.8. The molecule has 0 saturated carbocycles. The Morgan fingerprint density at radius 1 is 1.20 bits per heavy atom. The zero-order valence-corrected chi connectivity index (χ0v) is 26.6. The number of methoxy groups -OCH3 is 2. The third-order valence-electron chi connectivity index (χ3n) is 6.95. The van der Waals surface area contributed by atoms with Gasteiger partial charge in [-0.2, -0.15) is 0 Å². The number of hydrogen-bond acceptors (Lipinski definition) is 5. The second kappa shape index (κ2) is 21.6. The number of amides is 2. The van der Waals surface area contributed by atoms with Gasteiger partial charge in [-0.05, 0) is 75.0 Å².